The van der Waals surface area contributed by atoms with Crippen molar-refractivity contribution in [1.82, 2.24) is 10.2 Å². The molecule has 19 heavy (non-hydrogen) atoms. The SMILES string of the molecule is Cc1ccc(CN(C)CC2CNCCO2)c(C)c1C. The predicted octanol–water partition coefficient (Wildman–Crippen LogP) is 2.03. The molecule has 1 aliphatic rings. The molecule has 1 atom stereocenters. The van der Waals surface area contributed by atoms with Crippen molar-refractivity contribution in [2.45, 2.75) is 33.4 Å². The van der Waals surface area contributed by atoms with Gasteiger partial charge >= 0.3 is 0 Å². The molecule has 0 spiro atoms. The molecular weight excluding hydrogens is 236 g/mol. The summed E-state index contributed by atoms with van der Waals surface area (Å²) < 4.78 is 5.76. The third-order valence-electron chi connectivity index (χ3n) is 4.13. The molecule has 0 saturated carbocycles. The molecule has 1 aromatic carbocycles. The Hall–Kier alpha value is -0.900. The Bertz CT molecular complexity index is 425. The lowest BCUT2D eigenvalue weighted by Gasteiger charge is -2.28. The number of nitrogens with zero attached hydrogens (tertiary/aromatic N) is 1. The first-order valence-corrected chi connectivity index (χ1v) is 7.14. The Morgan fingerprint density at radius 2 is 2.05 bits per heavy atom. The van der Waals surface area contributed by atoms with Crippen LogP contribution in [0, 0.1) is 20.8 Å². The van der Waals surface area contributed by atoms with Gasteiger partial charge in [0.2, 0.25) is 0 Å². The first kappa shape index (κ1) is 14.5. The van der Waals surface area contributed by atoms with E-state index in [4.69, 9.17) is 4.74 Å². The molecule has 0 aliphatic carbocycles. The zero-order valence-electron chi connectivity index (χ0n) is 12.6. The van der Waals surface area contributed by atoms with Crippen molar-refractivity contribution in [3.63, 3.8) is 0 Å². The van der Waals surface area contributed by atoms with E-state index < -0.39 is 0 Å². The van der Waals surface area contributed by atoms with Gasteiger partial charge in [-0.25, -0.2) is 0 Å². The van der Waals surface area contributed by atoms with Crippen molar-refractivity contribution in [3.8, 4) is 0 Å². The number of ether oxygens (including phenoxy) is 1. The zero-order valence-corrected chi connectivity index (χ0v) is 12.6. The highest BCUT2D eigenvalue weighted by Crippen LogP contribution is 2.18. The number of likely N-dealkylation sites (N-methyl/N-ethyl adjacent to an activating group) is 1. The topological polar surface area (TPSA) is 24.5 Å². The van der Waals surface area contributed by atoms with Gasteiger partial charge in [0.15, 0.2) is 0 Å². The molecule has 1 unspecified atom stereocenters. The molecule has 1 heterocycles. The van der Waals surface area contributed by atoms with Gasteiger partial charge in [0.05, 0.1) is 12.7 Å². The molecule has 1 aliphatic heterocycles. The normalized spacial score (nSPS) is 19.9. The highest BCUT2D eigenvalue weighted by Gasteiger charge is 2.16. The van der Waals surface area contributed by atoms with E-state index in [9.17, 15) is 0 Å². The highest BCUT2D eigenvalue weighted by atomic mass is 16.5. The number of aryl methyl sites for hydroxylation is 1. The van der Waals surface area contributed by atoms with Gasteiger partial charge in [0, 0.05) is 26.2 Å². The quantitative estimate of drug-likeness (QED) is 0.898. The van der Waals surface area contributed by atoms with Crippen LogP contribution < -0.4 is 5.32 Å². The number of benzene rings is 1. The Morgan fingerprint density at radius 3 is 2.74 bits per heavy atom. The average Bonchev–Trinajstić information content (AvgIpc) is 2.41. The molecule has 1 fully saturated rings. The third-order valence-corrected chi connectivity index (χ3v) is 4.13. The van der Waals surface area contributed by atoms with Crippen molar-refractivity contribution in [1.29, 1.82) is 0 Å². The summed E-state index contributed by atoms with van der Waals surface area (Å²) in [5, 5.41) is 3.38. The maximum absolute atomic E-state index is 5.76. The highest BCUT2D eigenvalue weighted by molar-refractivity contribution is 5.38. The third kappa shape index (κ3) is 3.78. The molecule has 106 valence electrons. The average molecular weight is 262 g/mol. The van der Waals surface area contributed by atoms with Crippen LogP contribution in [0.2, 0.25) is 0 Å². The lowest BCUT2D eigenvalue weighted by atomic mass is 9.98. The minimum Gasteiger partial charge on any atom is -0.374 e. The molecule has 1 N–H and O–H groups in total. The number of hydrogen-bond acceptors (Lipinski definition) is 3. The van der Waals surface area contributed by atoms with Gasteiger partial charge in [-0.1, -0.05) is 12.1 Å². The van der Waals surface area contributed by atoms with Crippen molar-refractivity contribution in [2.75, 3.05) is 33.3 Å². The summed E-state index contributed by atoms with van der Waals surface area (Å²) >= 11 is 0. The van der Waals surface area contributed by atoms with Gasteiger partial charge in [0.25, 0.3) is 0 Å². The Balaban J connectivity index is 1.94. The number of hydrogen-bond donors (Lipinski definition) is 1. The van der Waals surface area contributed by atoms with Gasteiger partial charge in [-0.3, -0.25) is 4.90 Å². The van der Waals surface area contributed by atoms with Crippen LogP contribution >= 0.6 is 0 Å². The van der Waals surface area contributed by atoms with Crippen LogP contribution in [0.5, 0.6) is 0 Å². The summed E-state index contributed by atoms with van der Waals surface area (Å²) in [4.78, 5) is 2.36. The fraction of sp³-hybridized carbons (Fsp3) is 0.625. The second-order valence-electron chi connectivity index (χ2n) is 5.69. The van der Waals surface area contributed by atoms with E-state index in [1.54, 1.807) is 0 Å². The van der Waals surface area contributed by atoms with E-state index >= 15 is 0 Å². The van der Waals surface area contributed by atoms with Gasteiger partial charge < -0.3 is 10.1 Å². The fourth-order valence-electron chi connectivity index (χ4n) is 2.62. The van der Waals surface area contributed by atoms with Crippen LogP contribution in [0.3, 0.4) is 0 Å². The van der Waals surface area contributed by atoms with E-state index in [1.165, 1.54) is 22.3 Å². The molecule has 0 aromatic heterocycles. The largest absolute Gasteiger partial charge is 0.374 e. The van der Waals surface area contributed by atoms with Crippen LogP contribution in [0.4, 0.5) is 0 Å². The summed E-state index contributed by atoms with van der Waals surface area (Å²) in [6.45, 7) is 11.4. The lowest BCUT2D eigenvalue weighted by molar-refractivity contribution is 0.00882. The minimum atomic E-state index is 0.325. The zero-order chi connectivity index (χ0) is 13.8. The van der Waals surface area contributed by atoms with Crippen molar-refractivity contribution in [2.24, 2.45) is 0 Å². The Labute approximate surface area is 116 Å². The maximum atomic E-state index is 5.76. The van der Waals surface area contributed by atoms with E-state index in [1.807, 2.05) is 0 Å². The molecular formula is C16H26N2O. The lowest BCUT2D eigenvalue weighted by Crippen LogP contribution is -2.44. The van der Waals surface area contributed by atoms with E-state index in [2.05, 4.69) is 50.2 Å². The Morgan fingerprint density at radius 1 is 1.26 bits per heavy atom. The number of morpholine rings is 1. The molecule has 0 bridgehead atoms. The summed E-state index contributed by atoms with van der Waals surface area (Å²) in [5.74, 6) is 0. The van der Waals surface area contributed by atoms with Gasteiger partial charge in [-0.05, 0) is 50.1 Å². The summed E-state index contributed by atoms with van der Waals surface area (Å²) in [6.07, 6.45) is 0.325. The number of rotatable bonds is 4. The summed E-state index contributed by atoms with van der Waals surface area (Å²) in [6, 6.07) is 4.48. The van der Waals surface area contributed by atoms with Crippen LogP contribution in [-0.4, -0.2) is 44.3 Å². The van der Waals surface area contributed by atoms with Gasteiger partial charge in [0.1, 0.15) is 0 Å². The molecule has 1 aromatic rings. The molecule has 3 heteroatoms. The first-order chi connectivity index (χ1) is 9.08. The van der Waals surface area contributed by atoms with Crippen molar-refractivity contribution < 1.29 is 4.74 Å². The molecule has 0 amide bonds. The standard InChI is InChI=1S/C16H26N2O/c1-12-5-6-15(14(3)13(12)2)10-18(4)11-16-9-17-7-8-19-16/h5-6,16-17H,7-11H2,1-4H3. The molecule has 0 radical (unpaired) electrons. The van der Waals surface area contributed by atoms with Crippen molar-refractivity contribution in [3.05, 3.63) is 34.4 Å². The minimum absolute atomic E-state index is 0.325. The van der Waals surface area contributed by atoms with Crippen LogP contribution in [0.15, 0.2) is 12.1 Å². The van der Waals surface area contributed by atoms with E-state index in [0.29, 0.717) is 6.10 Å². The van der Waals surface area contributed by atoms with E-state index in [-0.39, 0.29) is 0 Å². The molecule has 1 saturated heterocycles. The van der Waals surface area contributed by atoms with Crippen molar-refractivity contribution >= 4 is 0 Å². The predicted molar refractivity (Wildman–Crippen MR) is 79.6 cm³/mol. The van der Waals surface area contributed by atoms with Crippen LogP contribution in [0.25, 0.3) is 0 Å². The van der Waals surface area contributed by atoms with E-state index in [0.717, 1.165) is 32.8 Å². The second kappa shape index (κ2) is 6.51. The molecule has 2 rings (SSSR count). The summed E-state index contributed by atoms with van der Waals surface area (Å²) in [5.41, 5.74) is 5.65. The smallest absolute Gasteiger partial charge is 0.0826 e. The maximum Gasteiger partial charge on any atom is 0.0826 e. The fourth-order valence-corrected chi connectivity index (χ4v) is 2.62. The number of nitrogens with one attached hydrogen (secondary N) is 1. The monoisotopic (exact) mass is 262 g/mol. The first-order valence-electron chi connectivity index (χ1n) is 7.14. The second-order valence-corrected chi connectivity index (χ2v) is 5.69. The Kier molecular flexibility index (Phi) is 4.97. The van der Waals surface area contributed by atoms with Gasteiger partial charge in [-0.2, -0.15) is 0 Å². The van der Waals surface area contributed by atoms with Gasteiger partial charge in [-0.15, -0.1) is 0 Å². The molecule has 3 nitrogen and oxygen atoms in total. The van der Waals surface area contributed by atoms with Crippen LogP contribution in [-0.2, 0) is 11.3 Å². The van der Waals surface area contributed by atoms with Crippen LogP contribution in [0.1, 0.15) is 22.3 Å². The summed E-state index contributed by atoms with van der Waals surface area (Å²) in [7, 11) is 2.17.